The summed E-state index contributed by atoms with van der Waals surface area (Å²) in [6.07, 6.45) is 4.44. The number of hydrogen-bond donors (Lipinski definition) is 2. The van der Waals surface area contributed by atoms with E-state index in [4.69, 9.17) is 27.9 Å². The van der Waals surface area contributed by atoms with Crippen molar-refractivity contribution >= 4 is 41.5 Å². The maximum Gasteiger partial charge on any atom is 0.258 e. The Morgan fingerprint density at radius 1 is 1.18 bits per heavy atom. The fourth-order valence-electron chi connectivity index (χ4n) is 3.21. The first kappa shape index (κ1) is 17.7. The van der Waals surface area contributed by atoms with Crippen LogP contribution in [0.25, 0.3) is 0 Å². The van der Waals surface area contributed by atoms with Gasteiger partial charge in [-0.15, -0.1) is 12.4 Å². The van der Waals surface area contributed by atoms with Gasteiger partial charge in [0.15, 0.2) is 6.61 Å². The molecule has 4 nitrogen and oxygen atoms in total. The lowest BCUT2D eigenvalue weighted by atomic mass is 10.00. The van der Waals surface area contributed by atoms with Gasteiger partial charge in [0, 0.05) is 28.2 Å². The minimum absolute atomic E-state index is 0. The number of nitrogens with one attached hydrogen (secondary N) is 2. The molecular formula is C15H19Cl3N2O2. The van der Waals surface area contributed by atoms with E-state index in [1.165, 1.54) is 12.8 Å². The number of piperidine rings is 1. The fourth-order valence-corrected chi connectivity index (χ4v) is 3.71. The van der Waals surface area contributed by atoms with E-state index in [1.807, 2.05) is 0 Å². The Morgan fingerprint density at radius 3 is 2.36 bits per heavy atom. The van der Waals surface area contributed by atoms with E-state index in [0.717, 1.165) is 12.8 Å². The molecule has 122 valence electrons. The van der Waals surface area contributed by atoms with Gasteiger partial charge in [-0.25, -0.2) is 0 Å². The Bertz CT molecular complexity index is 509. The summed E-state index contributed by atoms with van der Waals surface area (Å²) in [5.74, 6) is 0.408. The van der Waals surface area contributed by atoms with Gasteiger partial charge in [-0.2, -0.15) is 0 Å². The number of rotatable bonds is 4. The third-order valence-electron chi connectivity index (χ3n) is 4.04. The topological polar surface area (TPSA) is 50.4 Å². The molecule has 1 aromatic carbocycles. The highest BCUT2D eigenvalue weighted by Gasteiger charge is 2.33. The van der Waals surface area contributed by atoms with E-state index in [2.05, 4.69) is 10.6 Å². The van der Waals surface area contributed by atoms with Gasteiger partial charge >= 0.3 is 0 Å². The van der Waals surface area contributed by atoms with E-state index >= 15 is 0 Å². The van der Waals surface area contributed by atoms with Crippen molar-refractivity contribution < 1.29 is 9.53 Å². The molecule has 0 aliphatic carbocycles. The van der Waals surface area contributed by atoms with E-state index in [-0.39, 0.29) is 31.0 Å². The molecule has 2 unspecified atom stereocenters. The zero-order valence-electron chi connectivity index (χ0n) is 12.0. The van der Waals surface area contributed by atoms with Crippen LogP contribution in [0.15, 0.2) is 18.2 Å². The molecule has 2 aliphatic heterocycles. The minimum Gasteiger partial charge on any atom is -0.484 e. The summed E-state index contributed by atoms with van der Waals surface area (Å²) in [5.41, 5.74) is 0. The van der Waals surface area contributed by atoms with Crippen molar-refractivity contribution in [3.8, 4) is 5.75 Å². The van der Waals surface area contributed by atoms with Gasteiger partial charge in [0.2, 0.25) is 0 Å². The second kappa shape index (κ2) is 7.73. The smallest absolute Gasteiger partial charge is 0.258 e. The van der Waals surface area contributed by atoms with Gasteiger partial charge < -0.3 is 15.4 Å². The van der Waals surface area contributed by atoms with E-state index in [0.29, 0.717) is 27.9 Å². The van der Waals surface area contributed by atoms with Gasteiger partial charge in [-0.1, -0.05) is 23.2 Å². The molecule has 2 saturated heterocycles. The molecule has 0 spiro atoms. The van der Waals surface area contributed by atoms with Crippen molar-refractivity contribution in [2.24, 2.45) is 0 Å². The van der Waals surface area contributed by atoms with Crippen molar-refractivity contribution in [1.82, 2.24) is 10.6 Å². The Labute approximate surface area is 146 Å². The normalized spacial score (nSPS) is 26.2. The summed E-state index contributed by atoms with van der Waals surface area (Å²) in [5, 5.41) is 7.59. The second-order valence-electron chi connectivity index (χ2n) is 5.77. The Balaban J connectivity index is 0.00000176. The van der Waals surface area contributed by atoms with E-state index in [9.17, 15) is 4.79 Å². The van der Waals surface area contributed by atoms with Crippen molar-refractivity contribution in [3.05, 3.63) is 28.2 Å². The highest BCUT2D eigenvalue weighted by Crippen LogP contribution is 2.27. The lowest BCUT2D eigenvalue weighted by Gasteiger charge is -2.29. The predicted molar refractivity (Wildman–Crippen MR) is 90.3 cm³/mol. The summed E-state index contributed by atoms with van der Waals surface area (Å²) >= 11 is 11.8. The second-order valence-corrected chi connectivity index (χ2v) is 6.64. The maximum absolute atomic E-state index is 12.0. The standard InChI is InChI=1S/C15H18Cl2N2O2.ClH/c16-9-3-10(17)5-14(4-9)21-8-15(20)19-13-6-11-1-2-12(7-13)18-11;/h3-5,11-13,18H,1-2,6-8H2,(H,19,20);1H. The molecule has 2 fully saturated rings. The molecule has 3 rings (SSSR count). The van der Waals surface area contributed by atoms with Crippen LogP contribution in [0.3, 0.4) is 0 Å². The van der Waals surface area contributed by atoms with Crippen LogP contribution in [0.2, 0.25) is 10.0 Å². The number of amides is 1. The number of hydrogen-bond acceptors (Lipinski definition) is 3. The first-order chi connectivity index (χ1) is 10.1. The van der Waals surface area contributed by atoms with Crippen molar-refractivity contribution in [1.29, 1.82) is 0 Å². The van der Waals surface area contributed by atoms with Crippen LogP contribution < -0.4 is 15.4 Å². The third-order valence-corrected chi connectivity index (χ3v) is 4.48. The molecule has 0 aromatic heterocycles. The Hall–Kier alpha value is -0.680. The number of benzene rings is 1. The Kier molecular flexibility index (Phi) is 6.21. The molecule has 2 bridgehead atoms. The number of fused-ring (bicyclic) bond motifs is 2. The van der Waals surface area contributed by atoms with Crippen LogP contribution in [0.4, 0.5) is 0 Å². The van der Waals surface area contributed by atoms with Crippen molar-refractivity contribution in [2.45, 2.75) is 43.8 Å². The molecule has 1 amide bonds. The molecule has 0 radical (unpaired) electrons. The van der Waals surface area contributed by atoms with Gasteiger partial charge in [-0.3, -0.25) is 4.79 Å². The average Bonchev–Trinajstić information content (AvgIpc) is 2.75. The lowest BCUT2D eigenvalue weighted by molar-refractivity contribution is -0.124. The highest BCUT2D eigenvalue weighted by molar-refractivity contribution is 6.34. The van der Waals surface area contributed by atoms with Crippen LogP contribution in [0, 0.1) is 0 Å². The molecule has 1 aromatic rings. The number of halogens is 3. The van der Waals surface area contributed by atoms with Crippen LogP contribution >= 0.6 is 35.6 Å². The first-order valence-electron chi connectivity index (χ1n) is 7.23. The van der Waals surface area contributed by atoms with Gasteiger partial charge in [0.1, 0.15) is 5.75 Å². The lowest BCUT2D eigenvalue weighted by Crippen LogP contribution is -2.48. The maximum atomic E-state index is 12.0. The highest BCUT2D eigenvalue weighted by atomic mass is 35.5. The Morgan fingerprint density at radius 2 is 1.77 bits per heavy atom. The van der Waals surface area contributed by atoms with Crippen molar-refractivity contribution in [3.63, 3.8) is 0 Å². The summed E-state index contributed by atoms with van der Waals surface area (Å²) in [4.78, 5) is 12.0. The van der Waals surface area contributed by atoms with Crippen molar-refractivity contribution in [2.75, 3.05) is 6.61 Å². The molecule has 2 heterocycles. The summed E-state index contributed by atoms with van der Waals surface area (Å²) in [6, 6.07) is 6.28. The summed E-state index contributed by atoms with van der Waals surface area (Å²) < 4.78 is 5.44. The predicted octanol–water partition coefficient (Wildman–Crippen LogP) is 3.19. The monoisotopic (exact) mass is 364 g/mol. The zero-order valence-corrected chi connectivity index (χ0v) is 14.3. The molecule has 2 aliphatic rings. The van der Waals surface area contributed by atoms with Gasteiger partial charge in [-0.05, 0) is 43.9 Å². The number of carbonyl (C=O) groups excluding carboxylic acids is 1. The summed E-state index contributed by atoms with van der Waals surface area (Å²) in [7, 11) is 0. The average molecular weight is 366 g/mol. The van der Waals surface area contributed by atoms with Crippen LogP contribution in [0.5, 0.6) is 5.75 Å². The van der Waals surface area contributed by atoms with Crippen LogP contribution in [0.1, 0.15) is 25.7 Å². The van der Waals surface area contributed by atoms with E-state index < -0.39 is 0 Å². The summed E-state index contributed by atoms with van der Waals surface area (Å²) in [6.45, 7) is -0.0179. The molecule has 0 saturated carbocycles. The number of ether oxygens (including phenoxy) is 1. The molecular weight excluding hydrogens is 347 g/mol. The largest absolute Gasteiger partial charge is 0.484 e. The van der Waals surface area contributed by atoms with Gasteiger partial charge in [0.25, 0.3) is 5.91 Å². The third kappa shape index (κ3) is 4.66. The minimum atomic E-state index is -0.0996. The van der Waals surface area contributed by atoms with E-state index in [1.54, 1.807) is 18.2 Å². The van der Waals surface area contributed by atoms with Crippen LogP contribution in [-0.2, 0) is 4.79 Å². The zero-order chi connectivity index (χ0) is 14.8. The fraction of sp³-hybridized carbons (Fsp3) is 0.533. The molecule has 7 heteroatoms. The molecule has 2 atom stereocenters. The molecule has 22 heavy (non-hydrogen) atoms. The molecule has 2 N–H and O–H groups in total. The van der Waals surface area contributed by atoms with Crippen LogP contribution in [-0.4, -0.2) is 30.6 Å². The first-order valence-corrected chi connectivity index (χ1v) is 7.98. The number of carbonyl (C=O) groups is 1. The SMILES string of the molecule is Cl.O=C(COc1cc(Cl)cc(Cl)c1)NC1CC2CCC(C1)N2. The van der Waals surface area contributed by atoms with Gasteiger partial charge in [0.05, 0.1) is 0 Å². The quantitative estimate of drug-likeness (QED) is 0.861.